The summed E-state index contributed by atoms with van der Waals surface area (Å²) in [7, 11) is 0. The van der Waals surface area contributed by atoms with Gasteiger partial charge in [0.1, 0.15) is 17.2 Å². The minimum Gasteiger partial charge on any atom is -0.338 e. The van der Waals surface area contributed by atoms with Crippen molar-refractivity contribution in [3.63, 3.8) is 0 Å². The molecule has 158 valence electrons. The van der Waals surface area contributed by atoms with E-state index >= 15 is 0 Å². The Hall–Kier alpha value is -3.11. The molecule has 1 aliphatic rings. The predicted molar refractivity (Wildman–Crippen MR) is 117 cm³/mol. The maximum atomic E-state index is 12.3. The Kier molecular flexibility index (Phi) is 5.47. The lowest BCUT2D eigenvalue weighted by atomic mass is 10.1. The Bertz CT molecular complexity index is 1260. The number of anilines is 1. The lowest BCUT2D eigenvalue weighted by Gasteiger charge is -2.24. The second-order valence-electron chi connectivity index (χ2n) is 7.18. The van der Waals surface area contributed by atoms with Crippen LogP contribution in [0.1, 0.15) is 25.2 Å². The van der Waals surface area contributed by atoms with Gasteiger partial charge in [-0.1, -0.05) is 23.7 Å². The van der Waals surface area contributed by atoms with Crippen molar-refractivity contribution < 1.29 is 4.52 Å². The Labute approximate surface area is 186 Å². The molecule has 1 saturated heterocycles. The van der Waals surface area contributed by atoms with Crippen molar-refractivity contribution in [2.75, 3.05) is 18.0 Å². The van der Waals surface area contributed by atoms with Gasteiger partial charge in [0, 0.05) is 29.7 Å². The Balaban J connectivity index is 1.38. The monoisotopic (exact) mass is 455 g/mol. The summed E-state index contributed by atoms with van der Waals surface area (Å²) >= 11 is 7.31. The first-order valence-corrected chi connectivity index (χ1v) is 11.1. The van der Waals surface area contributed by atoms with Crippen LogP contribution >= 0.6 is 23.1 Å². The number of benzene rings is 1. The molecular formula is C20H18ClN7O2S. The van der Waals surface area contributed by atoms with Crippen LogP contribution < -0.4 is 10.5 Å². The van der Waals surface area contributed by atoms with Crippen molar-refractivity contribution in [3.05, 3.63) is 57.7 Å². The quantitative estimate of drug-likeness (QED) is 0.450. The van der Waals surface area contributed by atoms with Gasteiger partial charge >= 0.3 is 0 Å². The zero-order chi connectivity index (χ0) is 21.2. The smallest absolute Gasteiger partial charge is 0.267 e. The van der Waals surface area contributed by atoms with Gasteiger partial charge in [0.25, 0.3) is 11.5 Å². The van der Waals surface area contributed by atoms with E-state index in [-0.39, 0.29) is 12.1 Å². The molecule has 1 aliphatic heterocycles. The summed E-state index contributed by atoms with van der Waals surface area (Å²) in [5, 5.41) is 9.81. The van der Waals surface area contributed by atoms with Crippen molar-refractivity contribution in [1.82, 2.24) is 29.3 Å². The van der Waals surface area contributed by atoms with Gasteiger partial charge in [-0.05, 0) is 54.2 Å². The van der Waals surface area contributed by atoms with Crippen molar-refractivity contribution in [3.8, 4) is 22.1 Å². The number of halogens is 1. The molecule has 0 bridgehead atoms. The number of hydrogen-bond donors (Lipinski definition) is 0. The van der Waals surface area contributed by atoms with E-state index in [0.29, 0.717) is 28.4 Å². The molecule has 0 radical (unpaired) electrons. The molecule has 1 aromatic carbocycles. The minimum absolute atomic E-state index is 0.0821. The van der Waals surface area contributed by atoms with Crippen molar-refractivity contribution in [1.29, 1.82) is 0 Å². The number of hydrogen-bond acceptors (Lipinski definition) is 9. The summed E-state index contributed by atoms with van der Waals surface area (Å²) < 4.78 is 11.0. The summed E-state index contributed by atoms with van der Waals surface area (Å²) in [6.07, 6.45) is 3.45. The molecule has 0 N–H and O–H groups in total. The van der Waals surface area contributed by atoms with Gasteiger partial charge in [-0.3, -0.25) is 4.79 Å². The Morgan fingerprint density at radius 1 is 1.10 bits per heavy atom. The van der Waals surface area contributed by atoms with E-state index in [4.69, 9.17) is 16.1 Å². The van der Waals surface area contributed by atoms with Crippen LogP contribution in [0, 0.1) is 0 Å². The molecule has 0 unspecified atom stereocenters. The van der Waals surface area contributed by atoms with E-state index in [1.165, 1.54) is 28.7 Å². The first-order chi connectivity index (χ1) is 15.2. The average Bonchev–Trinajstić information content (AvgIpc) is 3.46. The molecule has 4 aromatic rings. The van der Waals surface area contributed by atoms with Gasteiger partial charge < -0.3 is 9.42 Å². The number of rotatable bonds is 5. The fraction of sp³-hybridized carbons (Fsp3) is 0.300. The molecule has 31 heavy (non-hydrogen) atoms. The van der Waals surface area contributed by atoms with Gasteiger partial charge in [0.05, 0.1) is 0 Å². The first kappa shape index (κ1) is 19.8. The molecule has 3 aromatic heterocycles. The van der Waals surface area contributed by atoms with Crippen LogP contribution in [0.5, 0.6) is 0 Å². The van der Waals surface area contributed by atoms with Crippen LogP contribution in [0.15, 0.2) is 45.7 Å². The third kappa shape index (κ3) is 4.35. The molecule has 0 saturated carbocycles. The highest BCUT2D eigenvalue weighted by Crippen LogP contribution is 2.26. The summed E-state index contributed by atoms with van der Waals surface area (Å²) in [4.78, 5) is 23.4. The first-order valence-electron chi connectivity index (χ1n) is 9.91. The zero-order valence-electron chi connectivity index (χ0n) is 16.4. The number of piperidine rings is 1. The minimum atomic E-state index is -0.272. The van der Waals surface area contributed by atoms with Gasteiger partial charge in [0.2, 0.25) is 5.89 Å². The SMILES string of the molecule is O=c1ccc(-c2nsc(-c3cccc(Cl)c3)n2)nn1Cc1nc(N2CCCCC2)no1. The fourth-order valence-corrected chi connectivity index (χ4v) is 4.27. The summed E-state index contributed by atoms with van der Waals surface area (Å²) in [5.41, 5.74) is 1.09. The third-order valence-electron chi connectivity index (χ3n) is 4.97. The van der Waals surface area contributed by atoms with Crippen LogP contribution in [-0.4, -0.2) is 42.4 Å². The van der Waals surface area contributed by atoms with Crippen LogP contribution in [0.3, 0.4) is 0 Å². The van der Waals surface area contributed by atoms with Gasteiger partial charge in [-0.2, -0.15) is 14.5 Å². The summed E-state index contributed by atoms with van der Waals surface area (Å²) in [6, 6.07) is 10.5. The van der Waals surface area contributed by atoms with Crippen molar-refractivity contribution in [2.24, 2.45) is 0 Å². The molecule has 9 nitrogen and oxygen atoms in total. The molecule has 0 aliphatic carbocycles. The fourth-order valence-electron chi connectivity index (χ4n) is 3.41. The highest BCUT2D eigenvalue weighted by atomic mass is 35.5. The van der Waals surface area contributed by atoms with Gasteiger partial charge in [-0.15, -0.1) is 0 Å². The second kappa shape index (κ2) is 8.56. The van der Waals surface area contributed by atoms with Crippen molar-refractivity contribution in [2.45, 2.75) is 25.8 Å². The molecule has 5 rings (SSSR count). The normalized spacial score (nSPS) is 14.2. The van der Waals surface area contributed by atoms with E-state index in [1.807, 2.05) is 18.2 Å². The van der Waals surface area contributed by atoms with E-state index < -0.39 is 0 Å². The third-order valence-corrected chi connectivity index (χ3v) is 5.97. The van der Waals surface area contributed by atoms with Crippen LogP contribution in [-0.2, 0) is 6.54 Å². The van der Waals surface area contributed by atoms with E-state index in [1.54, 1.807) is 12.1 Å². The maximum absolute atomic E-state index is 12.3. The molecule has 0 spiro atoms. The number of aromatic nitrogens is 6. The molecule has 0 amide bonds. The molecular weight excluding hydrogens is 438 g/mol. The van der Waals surface area contributed by atoms with Gasteiger partial charge in [0.15, 0.2) is 5.82 Å². The highest BCUT2D eigenvalue weighted by Gasteiger charge is 2.18. The van der Waals surface area contributed by atoms with E-state index in [0.717, 1.165) is 36.5 Å². The Morgan fingerprint density at radius 3 is 2.81 bits per heavy atom. The maximum Gasteiger partial charge on any atom is 0.267 e. The van der Waals surface area contributed by atoms with E-state index in [2.05, 4.69) is 29.5 Å². The van der Waals surface area contributed by atoms with Gasteiger partial charge in [-0.25, -0.2) is 9.67 Å². The predicted octanol–water partition coefficient (Wildman–Crippen LogP) is 3.50. The van der Waals surface area contributed by atoms with E-state index in [9.17, 15) is 4.79 Å². The molecule has 0 atom stereocenters. The van der Waals surface area contributed by atoms with Crippen LogP contribution in [0.2, 0.25) is 5.02 Å². The largest absolute Gasteiger partial charge is 0.338 e. The average molecular weight is 456 g/mol. The highest BCUT2D eigenvalue weighted by molar-refractivity contribution is 7.09. The Morgan fingerprint density at radius 2 is 1.97 bits per heavy atom. The number of nitrogens with zero attached hydrogens (tertiary/aromatic N) is 7. The lowest BCUT2D eigenvalue weighted by molar-refractivity contribution is 0.361. The summed E-state index contributed by atoms with van der Waals surface area (Å²) in [5.74, 6) is 1.33. The lowest BCUT2D eigenvalue weighted by Crippen LogP contribution is -2.30. The molecule has 11 heteroatoms. The zero-order valence-corrected chi connectivity index (χ0v) is 18.0. The molecule has 1 fully saturated rings. The van der Waals surface area contributed by atoms with Crippen LogP contribution in [0.4, 0.5) is 5.95 Å². The van der Waals surface area contributed by atoms with Crippen LogP contribution in [0.25, 0.3) is 22.1 Å². The molecule has 4 heterocycles. The topological polar surface area (TPSA) is 103 Å². The summed E-state index contributed by atoms with van der Waals surface area (Å²) in [6.45, 7) is 1.91. The van der Waals surface area contributed by atoms with Crippen molar-refractivity contribution >= 4 is 29.1 Å². The second-order valence-corrected chi connectivity index (χ2v) is 8.37. The standard InChI is InChI=1S/C20H18ClN7O2S/c21-14-6-4-5-13(11-14)19-23-18(26-31-19)15-7-8-17(29)28(24-15)12-16-22-20(25-30-16)27-9-2-1-3-10-27/h4-8,11H,1-3,9-10,12H2.